The van der Waals surface area contributed by atoms with Crippen molar-refractivity contribution in [3.63, 3.8) is 0 Å². The van der Waals surface area contributed by atoms with Crippen LogP contribution in [0.25, 0.3) is 22.1 Å². The summed E-state index contributed by atoms with van der Waals surface area (Å²) in [5.74, 6) is -1.10. The Bertz CT molecular complexity index is 1670. The van der Waals surface area contributed by atoms with Gasteiger partial charge in [0.25, 0.3) is 0 Å². The van der Waals surface area contributed by atoms with E-state index in [-0.39, 0.29) is 29.2 Å². The number of esters is 1. The number of carbonyl (C=O) groups excluding carboxylic acids is 1. The lowest BCUT2D eigenvalue weighted by atomic mass is 10.1. The van der Waals surface area contributed by atoms with E-state index in [9.17, 15) is 22.8 Å². The third-order valence-electron chi connectivity index (χ3n) is 6.04. The van der Waals surface area contributed by atoms with Crippen LogP contribution in [0.5, 0.6) is 5.75 Å². The summed E-state index contributed by atoms with van der Waals surface area (Å²) < 4.78 is 44.0. The molecule has 11 heteroatoms. The van der Waals surface area contributed by atoms with E-state index in [2.05, 4.69) is 0 Å². The van der Waals surface area contributed by atoms with E-state index in [0.29, 0.717) is 24.2 Å². The lowest BCUT2D eigenvalue weighted by Crippen LogP contribution is -2.27. The zero-order valence-electron chi connectivity index (χ0n) is 18.9. The molecule has 0 unspecified atom stereocenters. The van der Waals surface area contributed by atoms with Crippen molar-refractivity contribution in [2.75, 3.05) is 13.1 Å². The van der Waals surface area contributed by atoms with E-state index in [1.54, 1.807) is 19.1 Å². The molecule has 182 valence electrons. The molecule has 3 heterocycles. The second kappa shape index (κ2) is 8.82. The van der Waals surface area contributed by atoms with Crippen LogP contribution in [0.4, 0.5) is 0 Å². The molecular formula is C24H22N2O8S. The van der Waals surface area contributed by atoms with Crippen LogP contribution < -0.4 is 16.1 Å². The smallest absolute Gasteiger partial charge is 0.419 e. The lowest BCUT2D eigenvalue weighted by molar-refractivity contribution is -0.134. The molecule has 0 saturated carbocycles. The second-order valence-electron chi connectivity index (χ2n) is 8.39. The van der Waals surface area contributed by atoms with Crippen LogP contribution in [0.3, 0.4) is 0 Å². The van der Waals surface area contributed by atoms with Crippen LogP contribution in [0.15, 0.2) is 65.8 Å². The van der Waals surface area contributed by atoms with E-state index in [1.165, 1.54) is 39.2 Å². The maximum atomic E-state index is 12.8. The maximum absolute atomic E-state index is 12.8. The Hall–Kier alpha value is -3.70. The molecule has 10 nitrogen and oxygen atoms in total. The van der Waals surface area contributed by atoms with Gasteiger partial charge in [0.05, 0.1) is 16.8 Å². The minimum atomic E-state index is -3.65. The van der Waals surface area contributed by atoms with Crippen LogP contribution >= 0.6 is 0 Å². The molecule has 1 aliphatic rings. The van der Waals surface area contributed by atoms with Gasteiger partial charge in [-0.1, -0.05) is 0 Å². The highest BCUT2D eigenvalue weighted by molar-refractivity contribution is 7.89. The van der Waals surface area contributed by atoms with Crippen molar-refractivity contribution in [1.29, 1.82) is 0 Å². The van der Waals surface area contributed by atoms with Gasteiger partial charge >= 0.3 is 17.4 Å². The molecule has 0 spiro atoms. The van der Waals surface area contributed by atoms with Crippen molar-refractivity contribution in [3.8, 4) is 5.75 Å². The third kappa shape index (κ3) is 4.40. The Labute approximate surface area is 199 Å². The van der Waals surface area contributed by atoms with E-state index in [0.717, 1.165) is 23.8 Å². The summed E-state index contributed by atoms with van der Waals surface area (Å²) in [5, 5.41) is 0.729. The van der Waals surface area contributed by atoms with Crippen LogP contribution in [-0.2, 0) is 21.4 Å². The molecule has 0 radical (unpaired) electrons. The minimum absolute atomic E-state index is 0.0232. The summed E-state index contributed by atoms with van der Waals surface area (Å²) in [6.07, 6.45) is 1.49. The van der Waals surface area contributed by atoms with Crippen molar-refractivity contribution in [1.82, 2.24) is 8.87 Å². The first kappa shape index (κ1) is 23.1. The van der Waals surface area contributed by atoms with Gasteiger partial charge in [0, 0.05) is 43.2 Å². The quantitative estimate of drug-likeness (QED) is 0.225. The molecular weight excluding hydrogens is 476 g/mol. The fourth-order valence-corrected chi connectivity index (χ4v) is 5.78. The van der Waals surface area contributed by atoms with Crippen LogP contribution in [-0.4, -0.2) is 36.3 Å². The van der Waals surface area contributed by atoms with Gasteiger partial charge in [0.2, 0.25) is 10.0 Å². The number of oxazole rings is 1. The monoisotopic (exact) mass is 498 g/mol. The third-order valence-corrected chi connectivity index (χ3v) is 7.93. The highest BCUT2D eigenvalue weighted by Gasteiger charge is 2.28. The molecule has 2 aromatic carbocycles. The Kier molecular flexibility index (Phi) is 5.81. The second-order valence-corrected chi connectivity index (χ2v) is 10.3. The Morgan fingerprint density at radius 1 is 1.00 bits per heavy atom. The van der Waals surface area contributed by atoms with Crippen molar-refractivity contribution >= 4 is 38.1 Å². The number of hydrogen-bond donors (Lipinski definition) is 0. The number of carbonyl (C=O) groups is 1. The highest BCUT2D eigenvalue weighted by Crippen LogP contribution is 2.25. The van der Waals surface area contributed by atoms with Gasteiger partial charge in [-0.2, -0.15) is 4.31 Å². The van der Waals surface area contributed by atoms with Crippen LogP contribution in [0, 0.1) is 6.92 Å². The molecule has 1 saturated heterocycles. The number of ether oxygens (including phenoxy) is 1. The average Bonchev–Trinajstić information content (AvgIpc) is 3.45. The van der Waals surface area contributed by atoms with E-state index in [4.69, 9.17) is 13.6 Å². The van der Waals surface area contributed by atoms with Gasteiger partial charge in [-0.3, -0.25) is 9.36 Å². The van der Waals surface area contributed by atoms with E-state index < -0.39 is 27.4 Å². The first-order chi connectivity index (χ1) is 16.7. The van der Waals surface area contributed by atoms with Gasteiger partial charge < -0.3 is 13.6 Å². The normalized spacial score (nSPS) is 14.7. The zero-order valence-corrected chi connectivity index (χ0v) is 19.7. The number of fused-ring (bicyclic) bond motifs is 2. The van der Waals surface area contributed by atoms with Gasteiger partial charge in [0.15, 0.2) is 5.58 Å². The molecule has 35 heavy (non-hydrogen) atoms. The van der Waals surface area contributed by atoms with Crippen molar-refractivity contribution in [3.05, 3.63) is 69.0 Å². The fraction of sp³-hybridized carbons (Fsp3) is 0.292. The number of aryl methyl sites for hydroxylation is 2. The van der Waals surface area contributed by atoms with Gasteiger partial charge in [-0.25, -0.2) is 18.0 Å². The molecule has 0 aliphatic carbocycles. The van der Waals surface area contributed by atoms with Crippen LogP contribution in [0.1, 0.15) is 24.8 Å². The van der Waals surface area contributed by atoms with E-state index in [1.807, 2.05) is 0 Å². The van der Waals surface area contributed by atoms with E-state index >= 15 is 0 Å². The summed E-state index contributed by atoms with van der Waals surface area (Å²) in [5.41, 5.74) is 1.06. The molecule has 4 aromatic rings. The number of sulfonamides is 1. The first-order valence-electron chi connectivity index (χ1n) is 11.1. The number of aromatic nitrogens is 1. The molecule has 0 bridgehead atoms. The van der Waals surface area contributed by atoms with Gasteiger partial charge in [-0.15, -0.1) is 0 Å². The lowest BCUT2D eigenvalue weighted by Gasteiger charge is -2.15. The average molecular weight is 499 g/mol. The molecule has 0 N–H and O–H groups in total. The van der Waals surface area contributed by atoms with Crippen molar-refractivity contribution < 1.29 is 26.8 Å². The topological polar surface area (TPSA) is 129 Å². The summed E-state index contributed by atoms with van der Waals surface area (Å²) in [6.45, 7) is 2.69. The Balaban J connectivity index is 1.32. The van der Waals surface area contributed by atoms with Crippen molar-refractivity contribution in [2.45, 2.75) is 37.6 Å². The molecule has 0 atom stereocenters. The summed E-state index contributed by atoms with van der Waals surface area (Å²) in [7, 11) is -3.65. The number of benzene rings is 2. The van der Waals surface area contributed by atoms with Gasteiger partial charge in [-0.05, 0) is 49.6 Å². The van der Waals surface area contributed by atoms with Crippen LogP contribution in [0.2, 0.25) is 0 Å². The largest absolute Gasteiger partial charge is 0.426 e. The summed E-state index contributed by atoms with van der Waals surface area (Å²) >= 11 is 0. The Morgan fingerprint density at radius 3 is 2.54 bits per heavy atom. The predicted molar refractivity (Wildman–Crippen MR) is 126 cm³/mol. The standard InChI is InChI=1S/C24H22N2O8S/c1-15-12-23(28)33-20-13-16(4-6-18(15)20)32-22(27)8-11-26-19-7-5-17(14-21(19)34-24(26)29)35(30,31)25-9-2-3-10-25/h4-7,12-14H,2-3,8-11H2,1H3. The van der Waals surface area contributed by atoms with Crippen molar-refractivity contribution in [2.24, 2.45) is 0 Å². The first-order valence-corrected chi connectivity index (χ1v) is 12.6. The molecule has 2 aromatic heterocycles. The predicted octanol–water partition coefficient (Wildman–Crippen LogP) is 2.79. The summed E-state index contributed by atoms with van der Waals surface area (Å²) in [4.78, 5) is 36.5. The fourth-order valence-electron chi connectivity index (χ4n) is 4.25. The number of hydrogen-bond acceptors (Lipinski definition) is 8. The maximum Gasteiger partial charge on any atom is 0.419 e. The number of rotatable bonds is 6. The number of nitrogens with zero attached hydrogens (tertiary/aromatic N) is 2. The molecule has 0 amide bonds. The molecule has 1 fully saturated rings. The highest BCUT2D eigenvalue weighted by atomic mass is 32.2. The minimum Gasteiger partial charge on any atom is -0.426 e. The van der Waals surface area contributed by atoms with Gasteiger partial charge in [0.1, 0.15) is 11.3 Å². The summed E-state index contributed by atoms with van der Waals surface area (Å²) in [6, 6.07) is 10.4. The zero-order chi connectivity index (χ0) is 24.7. The molecule has 1 aliphatic heterocycles. The SMILES string of the molecule is Cc1cc(=O)oc2cc(OC(=O)CCn3c(=O)oc4cc(S(=O)(=O)N5CCCC5)ccc43)ccc12. The molecule has 5 rings (SSSR count). The Morgan fingerprint density at radius 2 is 1.77 bits per heavy atom.